The van der Waals surface area contributed by atoms with Crippen LogP contribution in [0.4, 0.5) is 5.69 Å². The maximum absolute atomic E-state index is 11.8. The molecular weight excluding hydrogens is 250 g/mol. The molecule has 1 aromatic carbocycles. The van der Waals surface area contributed by atoms with E-state index in [4.69, 9.17) is 5.73 Å². The molecule has 6 nitrogen and oxygen atoms in total. The second kappa shape index (κ2) is 4.60. The smallest absolute Gasteiger partial charge is 0.238 e. The van der Waals surface area contributed by atoms with Crippen LogP contribution in [0.1, 0.15) is 0 Å². The van der Waals surface area contributed by atoms with Crippen LogP contribution < -0.4 is 11.1 Å². The van der Waals surface area contributed by atoms with Gasteiger partial charge in [-0.1, -0.05) is 6.07 Å². The zero-order valence-electron chi connectivity index (χ0n) is 9.67. The molecule has 2 heterocycles. The van der Waals surface area contributed by atoms with Gasteiger partial charge in [-0.2, -0.15) is 8.75 Å². The van der Waals surface area contributed by atoms with Gasteiger partial charge in [-0.05, 0) is 12.1 Å². The van der Waals surface area contributed by atoms with Gasteiger partial charge in [0.25, 0.3) is 0 Å². The van der Waals surface area contributed by atoms with Crippen LogP contribution in [-0.4, -0.2) is 45.2 Å². The zero-order chi connectivity index (χ0) is 12.5. The molecule has 1 amide bonds. The predicted octanol–water partition coefficient (Wildman–Crippen LogP) is 0.273. The fourth-order valence-electron chi connectivity index (χ4n) is 2.04. The van der Waals surface area contributed by atoms with Gasteiger partial charge in [0.15, 0.2) is 0 Å². The number of amides is 1. The lowest BCUT2D eigenvalue weighted by Gasteiger charge is -2.36. The summed E-state index contributed by atoms with van der Waals surface area (Å²) in [7, 11) is 0. The van der Waals surface area contributed by atoms with E-state index in [-0.39, 0.29) is 11.9 Å². The second-order valence-electron chi connectivity index (χ2n) is 4.44. The predicted molar refractivity (Wildman–Crippen MR) is 70.5 cm³/mol. The van der Waals surface area contributed by atoms with E-state index in [0.717, 1.165) is 41.5 Å². The molecule has 1 aromatic heterocycles. The quantitative estimate of drug-likeness (QED) is 0.830. The number of nitrogens with two attached hydrogens (primary N) is 1. The Labute approximate surface area is 108 Å². The molecule has 94 valence electrons. The minimum atomic E-state index is -0.0394. The van der Waals surface area contributed by atoms with Gasteiger partial charge in [-0.3, -0.25) is 9.69 Å². The van der Waals surface area contributed by atoms with Crippen molar-refractivity contribution in [2.75, 3.05) is 25.0 Å². The fraction of sp³-hybridized carbons (Fsp3) is 0.364. The highest BCUT2D eigenvalue weighted by Crippen LogP contribution is 2.21. The topological polar surface area (TPSA) is 84.1 Å². The third-order valence-corrected chi connectivity index (χ3v) is 3.46. The van der Waals surface area contributed by atoms with Gasteiger partial charge in [-0.15, -0.1) is 0 Å². The highest BCUT2D eigenvalue weighted by molar-refractivity contribution is 7.00. The van der Waals surface area contributed by atoms with E-state index in [1.54, 1.807) is 0 Å². The van der Waals surface area contributed by atoms with Gasteiger partial charge < -0.3 is 11.1 Å². The van der Waals surface area contributed by atoms with Crippen LogP contribution in [0.2, 0.25) is 0 Å². The molecule has 3 rings (SSSR count). The molecule has 0 aliphatic carbocycles. The number of likely N-dealkylation sites (tertiary alicyclic amines) is 1. The maximum atomic E-state index is 11.8. The summed E-state index contributed by atoms with van der Waals surface area (Å²) < 4.78 is 8.32. The first-order valence-corrected chi connectivity index (χ1v) is 6.44. The first-order chi connectivity index (χ1) is 8.72. The number of anilines is 1. The molecule has 1 saturated heterocycles. The number of rotatable bonds is 3. The summed E-state index contributed by atoms with van der Waals surface area (Å²) in [6.45, 7) is 1.95. The monoisotopic (exact) mass is 263 g/mol. The summed E-state index contributed by atoms with van der Waals surface area (Å²) >= 11 is 1.15. The Bertz CT molecular complexity index is 578. The average molecular weight is 263 g/mol. The van der Waals surface area contributed by atoms with Crippen molar-refractivity contribution in [3.05, 3.63) is 18.2 Å². The van der Waals surface area contributed by atoms with E-state index in [1.807, 2.05) is 23.1 Å². The second-order valence-corrected chi connectivity index (χ2v) is 4.97. The molecule has 18 heavy (non-hydrogen) atoms. The first kappa shape index (κ1) is 11.5. The number of hydrogen-bond acceptors (Lipinski definition) is 6. The zero-order valence-corrected chi connectivity index (χ0v) is 10.5. The van der Waals surface area contributed by atoms with Crippen LogP contribution in [0.3, 0.4) is 0 Å². The Balaban J connectivity index is 1.68. The van der Waals surface area contributed by atoms with Crippen LogP contribution in [0.25, 0.3) is 11.0 Å². The normalized spacial score (nSPS) is 16.7. The van der Waals surface area contributed by atoms with Gasteiger partial charge in [0.05, 0.1) is 24.0 Å². The first-order valence-electron chi connectivity index (χ1n) is 5.71. The van der Waals surface area contributed by atoms with Crippen molar-refractivity contribution < 1.29 is 4.79 Å². The van der Waals surface area contributed by atoms with Crippen molar-refractivity contribution >= 4 is 34.4 Å². The Kier molecular flexibility index (Phi) is 2.94. The molecule has 2 aromatic rings. The van der Waals surface area contributed by atoms with E-state index < -0.39 is 0 Å². The van der Waals surface area contributed by atoms with E-state index in [9.17, 15) is 4.79 Å². The fourth-order valence-corrected chi connectivity index (χ4v) is 2.59. The summed E-state index contributed by atoms with van der Waals surface area (Å²) in [6, 6.07) is 5.79. The number of fused-ring (bicyclic) bond motifs is 1. The average Bonchev–Trinajstić information content (AvgIpc) is 2.76. The Morgan fingerprint density at radius 3 is 3.11 bits per heavy atom. The molecular formula is C11H13N5OS. The minimum absolute atomic E-state index is 0.0394. The van der Waals surface area contributed by atoms with Gasteiger partial charge in [0.1, 0.15) is 11.0 Å². The van der Waals surface area contributed by atoms with Gasteiger partial charge >= 0.3 is 0 Å². The summed E-state index contributed by atoms with van der Waals surface area (Å²) in [4.78, 5) is 13.9. The van der Waals surface area contributed by atoms with Crippen LogP contribution in [-0.2, 0) is 4.79 Å². The molecule has 1 aliphatic rings. The number of aromatic nitrogens is 2. The number of nitrogens with zero attached hydrogens (tertiary/aromatic N) is 3. The molecule has 0 saturated carbocycles. The van der Waals surface area contributed by atoms with Crippen LogP contribution in [0.15, 0.2) is 18.2 Å². The number of carbonyl (C=O) groups is 1. The van der Waals surface area contributed by atoms with Crippen LogP contribution in [0.5, 0.6) is 0 Å². The summed E-state index contributed by atoms with van der Waals surface area (Å²) in [5, 5.41) is 2.87. The Hall–Kier alpha value is -1.57. The molecule has 7 heteroatoms. The number of hydrogen-bond donors (Lipinski definition) is 2. The van der Waals surface area contributed by atoms with Crippen molar-refractivity contribution in [2.24, 2.45) is 5.73 Å². The highest BCUT2D eigenvalue weighted by Gasteiger charge is 2.24. The molecule has 3 N–H and O–H groups in total. The van der Waals surface area contributed by atoms with Gasteiger partial charge in [0.2, 0.25) is 5.91 Å². The molecule has 1 aliphatic heterocycles. The molecule has 1 fully saturated rings. The van der Waals surface area contributed by atoms with Crippen LogP contribution >= 0.6 is 11.7 Å². The van der Waals surface area contributed by atoms with E-state index >= 15 is 0 Å². The lowest BCUT2D eigenvalue weighted by molar-refractivity contribution is -0.118. The van der Waals surface area contributed by atoms with Crippen molar-refractivity contribution in [2.45, 2.75) is 6.04 Å². The SMILES string of the molecule is NC1CN(CC(=O)Nc2cccc3nsnc23)C1. The van der Waals surface area contributed by atoms with E-state index in [0.29, 0.717) is 6.54 Å². The number of nitrogens with one attached hydrogen (secondary N) is 1. The number of carbonyl (C=O) groups excluding carboxylic acids is 1. The molecule has 0 spiro atoms. The van der Waals surface area contributed by atoms with Crippen molar-refractivity contribution in [1.82, 2.24) is 13.6 Å². The summed E-state index contributed by atoms with van der Waals surface area (Å²) in [6.07, 6.45) is 0. The highest BCUT2D eigenvalue weighted by atomic mass is 32.1. The summed E-state index contributed by atoms with van der Waals surface area (Å²) in [5.74, 6) is -0.0394. The number of benzene rings is 1. The molecule has 0 unspecified atom stereocenters. The summed E-state index contributed by atoms with van der Waals surface area (Å²) in [5.41, 5.74) is 7.94. The maximum Gasteiger partial charge on any atom is 0.238 e. The lowest BCUT2D eigenvalue weighted by atomic mass is 10.1. The van der Waals surface area contributed by atoms with Gasteiger partial charge in [-0.25, -0.2) is 0 Å². The van der Waals surface area contributed by atoms with Crippen molar-refractivity contribution in [3.63, 3.8) is 0 Å². The standard InChI is InChI=1S/C11H13N5OS/c12-7-4-16(5-7)6-10(17)13-8-2-1-3-9-11(8)15-18-14-9/h1-3,7H,4-6,12H2,(H,13,17). The van der Waals surface area contributed by atoms with E-state index in [1.165, 1.54) is 0 Å². The molecule has 0 atom stereocenters. The third-order valence-electron chi connectivity index (χ3n) is 2.91. The molecule has 0 radical (unpaired) electrons. The van der Waals surface area contributed by atoms with Crippen LogP contribution in [0, 0.1) is 0 Å². The Morgan fingerprint density at radius 1 is 1.50 bits per heavy atom. The third kappa shape index (κ3) is 2.20. The largest absolute Gasteiger partial charge is 0.325 e. The lowest BCUT2D eigenvalue weighted by Crippen LogP contribution is -2.57. The molecule has 0 bridgehead atoms. The van der Waals surface area contributed by atoms with Crippen molar-refractivity contribution in [3.8, 4) is 0 Å². The van der Waals surface area contributed by atoms with Crippen molar-refractivity contribution in [1.29, 1.82) is 0 Å². The minimum Gasteiger partial charge on any atom is -0.325 e. The Morgan fingerprint density at radius 2 is 2.33 bits per heavy atom. The van der Waals surface area contributed by atoms with Gasteiger partial charge in [0, 0.05) is 19.1 Å². The van der Waals surface area contributed by atoms with E-state index in [2.05, 4.69) is 14.1 Å².